The van der Waals surface area contributed by atoms with Crippen LogP contribution in [0.25, 0.3) is 0 Å². The molecule has 0 aliphatic heterocycles. The van der Waals surface area contributed by atoms with Gasteiger partial charge in [-0.1, -0.05) is 31.6 Å². The van der Waals surface area contributed by atoms with Gasteiger partial charge in [0.15, 0.2) is 0 Å². The van der Waals surface area contributed by atoms with E-state index < -0.39 is 0 Å². The molecule has 0 aromatic heterocycles. The summed E-state index contributed by atoms with van der Waals surface area (Å²) in [6, 6.07) is 0.248. The number of fused-ring (bicyclic) bond motifs is 4. The Morgan fingerprint density at radius 1 is 1.18 bits per heavy atom. The second-order valence-corrected chi connectivity index (χ2v) is 8.56. The largest absolute Gasteiger partial charge is 0.389 e. The summed E-state index contributed by atoms with van der Waals surface area (Å²) in [6.07, 6.45) is 9.52. The number of hydrogen-bond acceptors (Lipinski definition) is 3. The van der Waals surface area contributed by atoms with E-state index in [0.29, 0.717) is 11.8 Å². The van der Waals surface area contributed by atoms with Gasteiger partial charge in [0.05, 0.1) is 12.2 Å². The number of allylic oxidation sites excluding steroid dienone is 1. The van der Waals surface area contributed by atoms with Crippen LogP contribution in [0.2, 0.25) is 0 Å². The maximum absolute atomic E-state index is 10.9. The van der Waals surface area contributed by atoms with Crippen molar-refractivity contribution in [2.45, 2.75) is 70.6 Å². The van der Waals surface area contributed by atoms with Crippen molar-refractivity contribution in [2.24, 2.45) is 28.4 Å². The first-order valence-electron chi connectivity index (χ1n) is 8.91. The normalized spacial score (nSPS) is 54.0. The van der Waals surface area contributed by atoms with Gasteiger partial charge in [-0.3, -0.25) is 0 Å². The zero-order valence-corrected chi connectivity index (χ0v) is 13.8. The number of rotatable bonds is 0. The van der Waals surface area contributed by atoms with Gasteiger partial charge in [0.25, 0.3) is 0 Å². The smallest absolute Gasteiger partial charge is 0.0758 e. The van der Waals surface area contributed by atoms with E-state index in [4.69, 9.17) is 5.73 Å². The summed E-state index contributed by atoms with van der Waals surface area (Å²) in [7, 11) is 0. The second-order valence-electron chi connectivity index (χ2n) is 8.56. The molecule has 1 unspecified atom stereocenters. The Balaban J connectivity index is 1.82. The van der Waals surface area contributed by atoms with E-state index in [9.17, 15) is 10.2 Å². The number of aliphatic hydroxyl groups excluding tert-OH is 2. The van der Waals surface area contributed by atoms with Gasteiger partial charge >= 0.3 is 0 Å². The van der Waals surface area contributed by atoms with Gasteiger partial charge in [0.2, 0.25) is 0 Å². The Morgan fingerprint density at radius 2 is 1.95 bits per heavy atom. The van der Waals surface area contributed by atoms with Crippen molar-refractivity contribution in [2.75, 3.05) is 0 Å². The minimum absolute atomic E-state index is 0.0921. The lowest BCUT2D eigenvalue weighted by atomic mass is 9.50. The van der Waals surface area contributed by atoms with Crippen molar-refractivity contribution >= 4 is 0 Å². The maximum Gasteiger partial charge on any atom is 0.0758 e. The third-order valence-corrected chi connectivity index (χ3v) is 7.59. The van der Waals surface area contributed by atoms with Crippen LogP contribution >= 0.6 is 0 Å². The molecule has 0 spiro atoms. The van der Waals surface area contributed by atoms with E-state index >= 15 is 0 Å². The lowest BCUT2D eigenvalue weighted by Gasteiger charge is -2.55. The highest BCUT2D eigenvalue weighted by Gasteiger charge is 2.55. The van der Waals surface area contributed by atoms with E-state index in [0.717, 1.165) is 38.5 Å². The van der Waals surface area contributed by atoms with Crippen LogP contribution < -0.4 is 5.73 Å². The van der Waals surface area contributed by atoms with Crippen molar-refractivity contribution in [1.82, 2.24) is 0 Å². The van der Waals surface area contributed by atoms with E-state index in [1.165, 1.54) is 11.1 Å². The highest BCUT2D eigenvalue weighted by molar-refractivity contribution is 5.39. The fraction of sp³-hybridized carbons (Fsp3) is 0.789. The van der Waals surface area contributed by atoms with Gasteiger partial charge < -0.3 is 15.9 Å². The standard InChI is InChI=1S/C19H29NO2/c1-18-7-5-12(21)9-11(18)10-15(22)17-13-3-4-16(20)19(13,2)8-6-14(17)18/h5,7,11-12,14-16,21-22H,3-4,6,8-10,20H2,1-2H3/t11?,12-,14-,15-,16-,18-,19-/m0/s1. The summed E-state index contributed by atoms with van der Waals surface area (Å²) in [6.45, 7) is 4.65. The molecule has 0 amide bonds. The third kappa shape index (κ3) is 1.79. The van der Waals surface area contributed by atoms with Crippen molar-refractivity contribution in [3.05, 3.63) is 23.3 Å². The summed E-state index contributed by atoms with van der Waals surface area (Å²) in [5.74, 6) is 0.814. The number of hydrogen-bond donors (Lipinski definition) is 3. The molecular weight excluding hydrogens is 274 g/mol. The lowest BCUT2D eigenvalue weighted by Crippen LogP contribution is -2.51. The number of nitrogens with two attached hydrogens (primary N) is 1. The Hall–Kier alpha value is -0.640. The van der Waals surface area contributed by atoms with Crippen LogP contribution in [0, 0.1) is 22.7 Å². The predicted octanol–water partition coefficient (Wildman–Crippen LogP) is 2.53. The summed E-state index contributed by atoms with van der Waals surface area (Å²) in [4.78, 5) is 0. The molecule has 4 aliphatic carbocycles. The average molecular weight is 303 g/mol. The summed E-state index contributed by atoms with van der Waals surface area (Å²) < 4.78 is 0. The molecule has 4 aliphatic rings. The topological polar surface area (TPSA) is 66.5 Å². The van der Waals surface area contributed by atoms with E-state index in [1.54, 1.807) is 0 Å². The van der Waals surface area contributed by atoms with Crippen molar-refractivity contribution in [3.8, 4) is 0 Å². The van der Waals surface area contributed by atoms with Crippen LogP contribution in [0.15, 0.2) is 23.3 Å². The first-order valence-corrected chi connectivity index (χ1v) is 8.91. The molecule has 0 radical (unpaired) electrons. The van der Waals surface area contributed by atoms with Gasteiger partial charge in [-0.25, -0.2) is 0 Å². The Kier molecular flexibility index (Phi) is 3.18. The van der Waals surface area contributed by atoms with Crippen molar-refractivity contribution < 1.29 is 10.2 Å². The van der Waals surface area contributed by atoms with Gasteiger partial charge in [-0.15, -0.1) is 0 Å². The highest BCUT2D eigenvalue weighted by Crippen LogP contribution is 2.62. The minimum atomic E-state index is -0.340. The molecule has 0 aromatic carbocycles. The molecule has 0 bridgehead atoms. The van der Waals surface area contributed by atoms with Crippen LogP contribution in [-0.4, -0.2) is 28.5 Å². The quantitative estimate of drug-likeness (QED) is 0.602. The Morgan fingerprint density at radius 3 is 2.73 bits per heavy atom. The van der Waals surface area contributed by atoms with Crippen molar-refractivity contribution in [1.29, 1.82) is 0 Å². The first kappa shape index (κ1) is 14.9. The average Bonchev–Trinajstić information content (AvgIpc) is 2.77. The fourth-order valence-corrected chi connectivity index (χ4v) is 6.05. The van der Waals surface area contributed by atoms with Gasteiger partial charge in [-0.2, -0.15) is 0 Å². The van der Waals surface area contributed by atoms with Crippen LogP contribution in [-0.2, 0) is 0 Å². The first-order chi connectivity index (χ1) is 10.4. The zero-order chi connectivity index (χ0) is 15.7. The molecule has 0 aromatic rings. The SMILES string of the molecule is C[C@]12CC[C@H]3C(=C1CC[C@@H]2N)[C@@H](O)CC1C[C@@H](O)C=C[C@@]13C. The summed E-state index contributed by atoms with van der Waals surface area (Å²) >= 11 is 0. The van der Waals surface area contributed by atoms with E-state index in [2.05, 4.69) is 19.9 Å². The zero-order valence-electron chi connectivity index (χ0n) is 13.8. The van der Waals surface area contributed by atoms with E-state index in [1.807, 2.05) is 6.08 Å². The fourth-order valence-electron chi connectivity index (χ4n) is 6.05. The van der Waals surface area contributed by atoms with Crippen molar-refractivity contribution in [3.63, 3.8) is 0 Å². The maximum atomic E-state index is 10.9. The van der Waals surface area contributed by atoms with Crippen LogP contribution in [0.4, 0.5) is 0 Å². The molecule has 2 saturated carbocycles. The number of aliphatic hydroxyl groups is 2. The molecule has 0 heterocycles. The highest BCUT2D eigenvalue weighted by atomic mass is 16.3. The molecule has 4 rings (SSSR count). The summed E-state index contributed by atoms with van der Waals surface area (Å²) in [5, 5.41) is 20.9. The van der Waals surface area contributed by atoms with Crippen LogP contribution in [0.1, 0.15) is 52.4 Å². The molecule has 4 N–H and O–H groups in total. The van der Waals surface area contributed by atoms with Gasteiger partial charge in [0.1, 0.15) is 0 Å². The van der Waals surface area contributed by atoms with Crippen LogP contribution in [0.5, 0.6) is 0 Å². The summed E-state index contributed by atoms with van der Waals surface area (Å²) in [5.41, 5.74) is 9.40. The molecule has 22 heavy (non-hydrogen) atoms. The molecule has 3 nitrogen and oxygen atoms in total. The predicted molar refractivity (Wildman–Crippen MR) is 87.1 cm³/mol. The minimum Gasteiger partial charge on any atom is -0.389 e. The molecule has 0 saturated heterocycles. The van der Waals surface area contributed by atoms with Gasteiger partial charge in [0, 0.05) is 11.5 Å². The third-order valence-electron chi connectivity index (χ3n) is 7.59. The Labute approximate surface area is 133 Å². The van der Waals surface area contributed by atoms with E-state index in [-0.39, 0.29) is 29.1 Å². The monoisotopic (exact) mass is 303 g/mol. The molecule has 2 fully saturated rings. The van der Waals surface area contributed by atoms with Gasteiger partial charge in [-0.05, 0) is 61.3 Å². The molecule has 122 valence electrons. The Bertz CT molecular complexity index is 554. The van der Waals surface area contributed by atoms with Crippen LogP contribution in [0.3, 0.4) is 0 Å². The molecule has 7 atom stereocenters. The lowest BCUT2D eigenvalue weighted by molar-refractivity contribution is -0.00107. The molecular formula is C19H29NO2. The second kappa shape index (κ2) is 4.68. The molecule has 3 heteroatoms.